The molecule has 0 saturated heterocycles. The van der Waals surface area contributed by atoms with Crippen LogP contribution in [0.1, 0.15) is 44.2 Å². The summed E-state index contributed by atoms with van der Waals surface area (Å²) in [5.74, 6) is 1.23. The molecule has 1 atom stereocenters. The molecule has 0 heterocycles. The van der Waals surface area contributed by atoms with Crippen LogP contribution >= 0.6 is 0 Å². The molecule has 3 rings (SSSR count). The highest BCUT2D eigenvalue weighted by molar-refractivity contribution is 5.40. The normalized spacial score (nSPS) is 22.7. The first-order valence-electron chi connectivity index (χ1n) is 6.86. The van der Waals surface area contributed by atoms with E-state index in [0.717, 1.165) is 18.0 Å². The lowest BCUT2D eigenvalue weighted by Crippen LogP contribution is -2.28. The molecule has 2 aliphatic carbocycles. The molecule has 1 aromatic rings. The van der Waals surface area contributed by atoms with Crippen molar-refractivity contribution in [2.24, 2.45) is 11.3 Å². The fourth-order valence-corrected chi connectivity index (χ4v) is 2.95. The molecule has 98 valence electrons. The number of rotatable bonds is 5. The smallest absolute Gasteiger partial charge is 0.124 e. The maximum Gasteiger partial charge on any atom is 0.124 e. The Morgan fingerprint density at radius 1 is 1.33 bits per heavy atom. The van der Waals surface area contributed by atoms with Crippen LogP contribution in [0.5, 0.6) is 11.5 Å². The Labute approximate surface area is 108 Å². The highest BCUT2D eigenvalue weighted by Gasteiger charge is 2.53. The topological polar surface area (TPSA) is 52.5 Å². The van der Waals surface area contributed by atoms with Gasteiger partial charge >= 0.3 is 0 Å². The third kappa shape index (κ3) is 2.19. The van der Waals surface area contributed by atoms with E-state index in [-0.39, 0.29) is 17.5 Å². The first-order valence-corrected chi connectivity index (χ1v) is 6.86. The molecule has 3 N–H and O–H groups in total. The van der Waals surface area contributed by atoms with E-state index >= 15 is 0 Å². The molecule has 3 heteroatoms. The molecule has 0 bridgehead atoms. The van der Waals surface area contributed by atoms with E-state index < -0.39 is 0 Å². The third-order valence-corrected chi connectivity index (χ3v) is 4.58. The monoisotopic (exact) mass is 247 g/mol. The number of benzene rings is 1. The second kappa shape index (κ2) is 4.16. The minimum atomic E-state index is 0.111. The van der Waals surface area contributed by atoms with E-state index in [4.69, 9.17) is 0 Å². The van der Waals surface area contributed by atoms with E-state index in [9.17, 15) is 10.2 Å². The molecule has 2 aliphatic rings. The standard InChI is InChI=1S/C15H21NO2/c1-10(13-5-4-12(17)8-14(13)18)16-9-15(6-7-15)11-2-3-11/h4-5,8,10-11,16-18H,2-3,6-7,9H2,1H3. The quantitative estimate of drug-likeness (QED) is 0.750. The number of phenols is 2. The van der Waals surface area contributed by atoms with Gasteiger partial charge in [0.25, 0.3) is 0 Å². The maximum absolute atomic E-state index is 9.83. The summed E-state index contributed by atoms with van der Waals surface area (Å²) in [6.07, 6.45) is 5.53. The lowest BCUT2D eigenvalue weighted by atomic mass is 9.99. The molecule has 0 amide bonds. The lowest BCUT2D eigenvalue weighted by molar-refractivity contribution is 0.375. The summed E-state index contributed by atoms with van der Waals surface area (Å²) in [7, 11) is 0. The molecular formula is C15H21NO2. The van der Waals surface area contributed by atoms with Gasteiger partial charge < -0.3 is 15.5 Å². The van der Waals surface area contributed by atoms with Crippen LogP contribution in [0.4, 0.5) is 0 Å². The molecule has 0 aliphatic heterocycles. The second-order valence-corrected chi connectivity index (χ2v) is 5.98. The van der Waals surface area contributed by atoms with Gasteiger partial charge in [-0.15, -0.1) is 0 Å². The van der Waals surface area contributed by atoms with Crippen molar-refractivity contribution in [2.75, 3.05) is 6.54 Å². The summed E-state index contributed by atoms with van der Waals surface area (Å²) in [5.41, 5.74) is 1.43. The Balaban J connectivity index is 1.62. The lowest BCUT2D eigenvalue weighted by Gasteiger charge is -2.20. The van der Waals surface area contributed by atoms with Gasteiger partial charge in [0.1, 0.15) is 11.5 Å². The van der Waals surface area contributed by atoms with Gasteiger partial charge in [0, 0.05) is 24.2 Å². The number of phenolic OH excluding ortho intramolecular Hbond substituents is 2. The van der Waals surface area contributed by atoms with Gasteiger partial charge in [-0.25, -0.2) is 0 Å². The summed E-state index contributed by atoms with van der Waals surface area (Å²) in [4.78, 5) is 0. The van der Waals surface area contributed by atoms with Gasteiger partial charge in [-0.3, -0.25) is 0 Å². The van der Waals surface area contributed by atoms with Crippen LogP contribution in [0.15, 0.2) is 18.2 Å². The number of hydrogen-bond donors (Lipinski definition) is 3. The predicted octanol–water partition coefficient (Wildman–Crippen LogP) is 2.94. The molecule has 0 radical (unpaired) electrons. The van der Waals surface area contributed by atoms with Crippen LogP contribution in [-0.2, 0) is 0 Å². The largest absolute Gasteiger partial charge is 0.508 e. The summed E-state index contributed by atoms with van der Waals surface area (Å²) >= 11 is 0. The van der Waals surface area contributed by atoms with Crippen molar-refractivity contribution in [3.8, 4) is 11.5 Å². The van der Waals surface area contributed by atoms with E-state index in [1.165, 1.54) is 31.7 Å². The van der Waals surface area contributed by atoms with Crippen molar-refractivity contribution in [3.63, 3.8) is 0 Å². The van der Waals surface area contributed by atoms with Gasteiger partial charge in [0.15, 0.2) is 0 Å². The van der Waals surface area contributed by atoms with Crippen molar-refractivity contribution in [1.82, 2.24) is 5.32 Å². The van der Waals surface area contributed by atoms with Gasteiger partial charge in [0.2, 0.25) is 0 Å². The Morgan fingerprint density at radius 2 is 2.06 bits per heavy atom. The zero-order chi connectivity index (χ0) is 12.8. The maximum atomic E-state index is 9.83. The summed E-state index contributed by atoms with van der Waals surface area (Å²) in [5, 5.41) is 22.7. The van der Waals surface area contributed by atoms with Gasteiger partial charge in [0.05, 0.1) is 0 Å². The average Bonchev–Trinajstić information content (AvgIpc) is 3.17. The fourth-order valence-electron chi connectivity index (χ4n) is 2.95. The second-order valence-electron chi connectivity index (χ2n) is 5.98. The Hall–Kier alpha value is -1.22. The molecule has 0 spiro atoms. The number of nitrogens with one attached hydrogen (secondary N) is 1. The molecule has 2 saturated carbocycles. The van der Waals surface area contributed by atoms with E-state index in [2.05, 4.69) is 12.2 Å². The Bertz CT molecular complexity index is 450. The van der Waals surface area contributed by atoms with Gasteiger partial charge in [-0.2, -0.15) is 0 Å². The first kappa shape index (κ1) is 11.8. The zero-order valence-corrected chi connectivity index (χ0v) is 10.8. The van der Waals surface area contributed by atoms with Crippen LogP contribution in [0.25, 0.3) is 0 Å². The average molecular weight is 247 g/mol. The Kier molecular flexibility index (Phi) is 2.74. The van der Waals surface area contributed by atoms with Crippen molar-refractivity contribution >= 4 is 0 Å². The molecule has 3 nitrogen and oxygen atoms in total. The van der Waals surface area contributed by atoms with Crippen LogP contribution < -0.4 is 5.32 Å². The highest BCUT2D eigenvalue weighted by atomic mass is 16.3. The van der Waals surface area contributed by atoms with Crippen molar-refractivity contribution < 1.29 is 10.2 Å². The summed E-state index contributed by atoms with van der Waals surface area (Å²) in [6, 6.07) is 4.95. The van der Waals surface area contributed by atoms with Crippen LogP contribution in [-0.4, -0.2) is 16.8 Å². The molecular weight excluding hydrogens is 226 g/mol. The van der Waals surface area contributed by atoms with Crippen molar-refractivity contribution in [2.45, 2.75) is 38.6 Å². The minimum Gasteiger partial charge on any atom is -0.508 e. The number of hydrogen-bond acceptors (Lipinski definition) is 3. The van der Waals surface area contributed by atoms with Crippen LogP contribution in [0.2, 0.25) is 0 Å². The SMILES string of the molecule is CC(NCC1(C2CC2)CC1)c1ccc(O)cc1O. The summed E-state index contributed by atoms with van der Waals surface area (Å²) in [6.45, 7) is 3.12. The zero-order valence-electron chi connectivity index (χ0n) is 10.8. The predicted molar refractivity (Wildman–Crippen MR) is 70.6 cm³/mol. The van der Waals surface area contributed by atoms with E-state index in [1.807, 2.05) is 0 Å². The van der Waals surface area contributed by atoms with Gasteiger partial charge in [-0.1, -0.05) is 6.07 Å². The summed E-state index contributed by atoms with van der Waals surface area (Å²) < 4.78 is 0. The number of aromatic hydroxyl groups is 2. The molecule has 0 aromatic heterocycles. The molecule has 18 heavy (non-hydrogen) atoms. The van der Waals surface area contributed by atoms with Crippen molar-refractivity contribution in [3.05, 3.63) is 23.8 Å². The van der Waals surface area contributed by atoms with Crippen LogP contribution in [0, 0.1) is 11.3 Å². The molecule has 1 unspecified atom stereocenters. The Morgan fingerprint density at radius 3 is 2.61 bits per heavy atom. The third-order valence-electron chi connectivity index (χ3n) is 4.58. The molecule has 2 fully saturated rings. The van der Waals surface area contributed by atoms with Gasteiger partial charge in [-0.05, 0) is 50.0 Å². The molecule has 1 aromatic carbocycles. The van der Waals surface area contributed by atoms with Crippen LogP contribution in [0.3, 0.4) is 0 Å². The minimum absolute atomic E-state index is 0.111. The van der Waals surface area contributed by atoms with Crippen molar-refractivity contribution in [1.29, 1.82) is 0 Å². The highest BCUT2D eigenvalue weighted by Crippen LogP contribution is 2.61. The van der Waals surface area contributed by atoms with E-state index in [1.54, 1.807) is 12.1 Å². The first-order chi connectivity index (χ1) is 8.61. The van der Waals surface area contributed by atoms with E-state index in [0.29, 0.717) is 5.41 Å². The fraction of sp³-hybridized carbons (Fsp3) is 0.600.